The van der Waals surface area contributed by atoms with E-state index in [1.54, 1.807) is 6.92 Å². The van der Waals surface area contributed by atoms with E-state index >= 15 is 0 Å². The van der Waals surface area contributed by atoms with Crippen LogP contribution >= 0.6 is 0 Å². The van der Waals surface area contributed by atoms with Crippen molar-refractivity contribution in [1.82, 2.24) is 5.32 Å². The highest BCUT2D eigenvalue weighted by molar-refractivity contribution is 5.76. The molecule has 0 radical (unpaired) electrons. The third-order valence-electron chi connectivity index (χ3n) is 3.53. The van der Waals surface area contributed by atoms with E-state index in [1.165, 1.54) is 0 Å². The fraction of sp³-hybridized carbons (Fsp3) is 0.933. The number of aliphatic hydroxyl groups is 1. The molecule has 108 valence electrons. The lowest BCUT2D eigenvalue weighted by atomic mass is 9.86. The standard InChI is InChI=1S/C15H31NO2/c1-7-13(11(2)3)8-14(18)16-10-15(5,6)9-12(4)17/h11-13,17H,7-10H2,1-6H3,(H,16,18). The Bertz CT molecular complexity index is 247. The minimum Gasteiger partial charge on any atom is -0.393 e. The SMILES string of the molecule is CCC(CC(=O)NCC(C)(C)CC(C)O)C(C)C. The minimum atomic E-state index is -0.323. The van der Waals surface area contributed by atoms with Gasteiger partial charge in [0.05, 0.1) is 6.10 Å². The van der Waals surface area contributed by atoms with Crippen molar-refractivity contribution in [2.45, 2.75) is 66.9 Å². The maximum Gasteiger partial charge on any atom is 0.220 e. The molecule has 0 bridgehead atoms. The molecule has 2 atom stereocenters. The Morgan fingerprint density at radius 2 is 1.83 bits per heavy atom. The lowest BCUT2D eigenvalue weighted by molar-refractivity contribution is -0.122. The number of nitrogens with one attached hydrogen (secondary N) is 1. The molecule has 0 aliphatic rings. The lowest BCUT2D eigenvalue weighted by Crippen LogP contribution is -2.36. The van der Waals surface area contributed by atoms with Crippen molar-refractivity contribution in [3.63, 3.8) is 0 Å². The highest BCUT2D eigenvalue weighted by atomic mass is 16.3. The van der Waals surface area contributed by atoms with Gasteiger partial charge in [0.2, 0.25) is 5.91 Å². The van der Waals surface area contributed by atoms with E-state index < -0.39 is 0 Å². The zero-order valence-corrected chi connectivity index (χ0v) is 12.9. The van der Waals surface area contributed by atoms with Crippen LogP contribution in [-0.4, -0.2) is 23.7 Å². The second kappa shape index (κ2) is 7.78. The van der Waals surface area contributed by atoms with E-state index in [4.69, 9.17) is 0 Å². The number of amides is 1. The van der Waals surface area contributed by atoms with Crippen LogP contribution in [0.2, 0.25) is 0 Å². The molecule has 0 rings (SSSR count). The molecule has 0 aliphatic carbocycles. The van der Waals surface area contributed by atoms with Crippen LogP contribution in [-0.2, 0) is 4.79 Å². The summed E-state index contributed by atoms with van der Waals surface area (Å²) >= 11 is 0. The Hall–Kier alpha value is -0.570. The van der Waals surface area contributed by atoms with Crippen LogP contribution in [0.5, 0.6) is 0 Å². The summed E-state index contributed by atoms with van der Waals surface area (Å²) in [4.78, 5) is 11.9. The fourth-order valence-electron chi connectivity index (χ4n) is 2.37. The monoisotopic (exact) mass is 257 g/mol. The molecule has 2 N–H and O–H groups in total. The summed E-state index contributed by atoms with van der Waals surface area (Å²) in [5.74, 6) is 1.14. The van der Waals surface area contributed by atoms with Crippen LogP contribution in [0, 0.1) is 17.3 Å². The van der Waals surface area contributed by atoms with E-state index in [2.05, 4.69) is 39.9 Å². The van der Waals surface area contributed by atoms with Gasteiger partial charge in [0, 0.05) is 13.0 Å². The number of hydrogen-bond acceptors (Lipinski definition) is 2. The molecule has 0 saturated heterocycles. The van der Waals surface area contributed by atoms with Crippen molar-refractivity contribution in [1.29, 1.82) is 0 Å². The van der Waals surface area contributed by atoms with E-state index in [0.717, 1.165) is 6.42 Å². The van der Waals surface area contributed by atoms with Gasteiger partial charge in [0.25, 0.3) is 0 Å². The highest BCUT2D eigenvalue weighted by Crippen LogP contribution is 2.22. The average molecular weight is 257 g/mol. The van der Waals surface area contributed by atoms with Crippen molar-refractivity contribution in [2.75, 3.05) is 6.54 Å². The molecule has 0 heterocycles. The fourth-order valence-corrected chi connectivity index (χ4v) is 2.37. The quantitative estimate of drug-likeness (QED) is 0.702. The number of hydrogen-bond donors (Lipinski definition) is 2. The zero-order valence-electron chi connectivity index (χ0n) is 12.9. The van der Waals surface area contributed by atoms with Gasteiger partial charge in [-0.05, 0) is 30.6 Å². The second-order valence-electron chi connectivity index (χ2n) is 6.61. The molecule has 0 aromatic rings. The van der Waals surface area contributed by atoms with Gasteiger partial charge in [-0.1, -0.05) is 41.0 Å². The summed E-state index contributed by atoms with van der Waals surface area (Å²) in [6.45, 7) is 13.0. The first-order valence-electron chi connectivity index (χ1n) is 7.12. The topological polar surface area (TPSA) is 49.3 Å². The van der Waals surface area contributed by atoms with Gasteiger partial charge in [-0.2, -0.15) is 0 Å². The normalized spacial score (nSPS) is 15.6. The van der Waals surface area contributed by atoms with Gasteiger partial charge in [-0.3, -0.25) is 4.79 Å². The molecular weight excluding hydrogens is 226 g/mol. The first-order chi connectivity index (χ1) is 8.18. The molecule has 3 heteroatoms. The summed E-state index contributed by atoms with van der Waals surface area (Å²) in [7, 11) is 0. The molecular formula is C15H31NO2. The largest absolute Gasteiger partial charge is 0.393 e. The predicted octanol–water partition coefficient (Wildman–Crippen LogP) is 2.97. The van der Waals surface area contributed by atoms with Crippen LogP contribution in [0.4, 0.5) is 0 Å². The summed E-state index contributed by atoms with van der Waals surface area (Å²) in [5.41, 5.74) is -0.0522. The summed E-state index contributed by atoms with van der Waals surface area (Å²) in [5, 5.41) is 12.4. The molecule has 0 spiro atoms. The Kier molecular flexibility index (Phi) is 7.53. The van der Waals surface area contributed by atoms with Gasteiger partial charge in [-0.15, -0.1) is 0 Å². The number of rotatable bonds is 8. The van der Waals surface area contributed by atoms with Crippen LogP contribution in [0.3, 0.4) is 0 Å². The van der Waals surface area contributed by atoms with Gasteiger partial charge in [0.1, 0.15) is 0 Å². The minimum absolute atomic E-state index is 0.0522. The highest BCUT2D eigenvalue weighted by Gasteiger charge is 2.22. The average Bonchev–Trinajstić information content (AvgIpc) is 2.21. The van der Waals surface area contributed by atoms with Crippen LogP contribution in [0.15, 0.2) is 0 Å². The third kappa shape index (κ3) is 7.70. The molecule has 18 heavy (non-hydrogen) atoms. The second-order valence-corrected chi connectivity index (χ2v) is 6.61. The smallest absolute Gasteiger partial charge is 0.220 e. The predicted molar refractivity (Wildman–Crippen MR) is 76.3 cm³/mol. The van der Waals surface area contributed by atoms with Gasteiger partial charge in [0.15, 0.2) is 0 Å². The zero-order chi connectivity index (χ0) is 14.3. The molecule has 0 saturated carbocycles. The molecule has 0 aromatic heterocycles. The first-order valence-corrected chi connectivity index (χ1v) is 7.12. The Morgan fingerprint density at radius 3 is 2.22 bits per heavy atom. The maximum absolute atomic E-state index is 11.9. The number of carbonyl (C=O) groups excluding carboxylic acids is 1. The van der Waals surface area contributed by atoms with Gasteiger partial charge < -0.3 is 10.4 Å². The van der Waals surface area contributed by atoms with E-state index in [1.807, 2.05) is 0 Å². The summed E-state index contributed by atoms with van der Waals surface area (Å²) < 4.78 is 0. The molecule has 1 amide bonds. The van der Waals surface area contributed by atoms with E-state index in [-0.39, 0.29) is 17.4 Å². The van der Waals surface area contributed by atoms with E-state index in [0.29, 0.717) is 31.2 Å². The number of aliphatic hydroxyl groups excluding tert-OH is 1. The van der Waals surface area contributed by atoms with Crippen molar-refractivity contribution >= 4 is 5.91 Å². The summed E-state index contributed by atoms with van der Waals surface area (Å²) in [6.07, 6.45) is 2.03. The Balaban J connectivity index is 4.10. The van der Waals surface area contributed by atoms with Crippen molar-refractivity contribution in [3.8, 4) is 0 Å². The Labute approximate surface area is 112 Å². The van der Waals surface area contributed by atoms with Crippen LogP contribution in [0.1, 0.15) is 60.8 Å². The molecule has 2 unspecified atom stereocenters. The molecule has 3 nitrogen and oxygen atoms in total. The van der Waals surface area contributed by atoms with Crippen LogP contribution in [0.25, 0.3) is 0 Å². The maximum atomic E-state index is 11.9. The molecule has 0 fully saturated rings. The third-order valence-corrected chi connectivity index (χ3v) is 3.53. The summed E-state index contributed by atoms with van der Waals surface area (Å²) in [6, 6.07) is 0. The molecule has 0 aromatic carbocycles. The van der Waals surface area contributed by atoms with Crippen molar-refractivity contribution in [2.24, 2.45) is 17.3 Å². The Morgan fingerprint density at radius 1 is 1.28 bits per heavy atom. The first kappa shape index (κ1) is 17.4. The van der Waals surface area contributed by atoms with Gasteiger partial charge >= 0.3 is 0 Å². The van der Waals surface area contributed by atoms with Crippen molar-refractivity contribution < 1.29 is 9.90 Å². The number of carbonyl (C=O) groups is 1. The van der Waals surface area contributed by atoms with Crippen molar-refractivity contribution in [3.05, 3.63) is 0 Å². The van der Waals surface area contributed by atoms with Crippen LogP contribution < -0.4 is 5.32 Å². The van der Waals surface area contributed by atoms with Gasteiger partial charge in [-0.25, -0.2) is 0 Å². The molecule has 0 aliphatic heterocycles. The van der Waals surface area contributed by atoms with E-state index in [9.17, 15) is 9.90 Å². The lowest BCUT2D eigenvalue weighted by Gasteiger charge is -2.27.